The lowest BCUT2D eigenvalue weighted by molar-refractivity contribution is -0.137. The predicted molar refractivity (Wildman–Crippen MR) is 104 cm³/mol. The number of nitrogens with zero attached hydrogens (tertiary/aromatic N) is 1. The summed E-state index contributed by atoms with van der Waals surface area (Å²) < 4.78 is 14.2. The van der Waals surface area contributed by atoms with E-state index in [-0.39, 0.29) is 23.7 Å². The van der Waals surface area contributed by atoms with E-state index >= 15 is 0 Å². The molecule has 1 aliphatic carbocycles. The fraction of sp³-hybridized carbons (Fsp3) is 0.318. The number of carbonyl (C=O) groups is 1. The zero-order chi connectivity index (χ0) is 18.3. The van der Waals surface area contributed by atoms with E-state index in [1.54, 1.807) is 0 Å². The Bertz CT molecular complexity index is 866. The van der Waals surface area contributed by atoms with Gasteiger partial charge in [-0.1, -0.05) is 55.5 Å². The molecule has 1 heterocycles. The number of likely N-dealkylation sites (tertiary alicyclic amines) is 1. The maximum absolute atomic E-state index is 13.8. The van der Waals surface area contributed by atoms with Crippen LogP contribution in [0.3, 0.4) is 0 Å². The molecule has 26 heavy (non-hydrogen) atoms. The highest BCUT2D eigenvalue weighted by Crippen LogP contribution is 2.54. The maximum atomic E-state index is 13.8. The average Bonchev–Trinajstić information content (AvgIpc) is 2.86. The van der Waals surface area contributed by atoms with E-state index in [2.05, 4.69) is 35.0 Å². The van der Waals surface area contributed by atoms with E-state index in [9.17, 15) is 9.18 Å². The van der Waals surface area contributed by atoms with Crippen molar-refractivity contribution in [3.05, 3.63) is 82.1 Å². The fourth-order valence-corrected chi connectivity index (χ4v) is 4.79. The van der Waals surface area contributed by atoms with Gasteiger partial charge < -0.3 is 4.90 Å². The molecule has 0 N–H and O–H groups in total. The number of hydrogen-bond acceptors (Lipinski definition) is 1. The number of fused-ring (bicyclic) bond motifs is 1. The molecule has 1 fully saturated rings. The molecule has 0 saturated carbocycles. The molecule has 3 atom stereocenters. The molecule has 4 rings (SSSR count). The van der Waals surface area contributed by atoms with Gasteiger partial charge in [0.15, 0.2) is 0 Å². The van der Waals surface area contributed by atoms with Gasteiger partial charge in [-0.15, -0.1) is 0 Å². The average molecular weight is 414 g/mol. The van der Waals surface area contributed by atoms with E-state index in [1.165, 1.54) is 6.07 Å². The molecule has 2 aromatic rings. The monoisotopic (exact) mass is 413 g/mol. The summed E-state index contributed by atoms with van der Waals surface area (Å²) in [5, 5.41) is 0. The zero-order valence-corrected chi connectivity index (χ0v) is 16.2. The normalized spacial score (nSPS) is 27.7. The number of carbonyl (C=O) groups excluding carboxylic acids is 1. The van der Waals surface area contributed by atoms with Crippen molar-refractivity contribution in [2.75, 3.05) is 0 Å². The molecule has 2 nitrogen and oxygen atoms in total. The summed E-state index contributed by atoms with van der Waals surface area (Å²) in [6, 6.07) is 15.1. The largest absolute Gasteiger partial charge is 0.330 e. The summed E-state index contributed by atoms with van der Waals surface area (Å²) in [4.78, 5) is 15.4. The van der Waals surface area contributed by atoms with E-state index in [4.69, 9.17) is 0 Å². The molecule has 1 aliphatic heterocycles. The SMILES string of the molecule is C[C@@]12CCC=C[C@H]1[C@H](c1ccc(F)c(Br)c1)N(Cc1ccccc1)C2=O. The number of benzene rings is 2. The summed E-state index contributed by atoms with van der Waals surface area (Å²) in [5.74, 6) is 0.0144. The Morgan fingerprint density at radius 3 is 2.73 bits per heavy atom. The lowest BCUT2D eigenvalue weighted by Gasteiger charge is -2.31. The predicted octanol–water partition coefficient (Wildman–Crippen LogP) is 5.64. The van der Waals surface area contributed by atoms with Gasteiger partial charge in [-0.05, 0) is 52.0 Å². The van der Waals surface area contributed by atoms with Crippen molar-refractivity contribution in [2.45, 2.75) is 32.4 Å². The summed E-state index contributed by atoms with van der Waals surface area (Å²) >= 11 is 3.30. The van der Waals surface area contributed by atoms with Crippen molar-refractivity contribution in [1.29, 1.82) is 0 Å². The Labute approximate surface area is 161 Å². The van der Waals surface area contributed by atoms with Gasteiger partial charge in [0.2, 0.25) is 5.91 Å². The number of rotatable bonds is 3. The van der Waals surface area contributed by atoms with E-state index < -0.39 is 5.41 Å². The molecule has 0 bridgehead atoms. The number of halogens is 2. The van der Waals surface area contributed by atoms with Crippen LogP contribution in [-0.2, 0) is 11.3 Å². The van der Waals surface area contributed by atoms with Gasteiger partial charge in [0.25, 0.3) is 0 Å². The lowest BCUT2D eigenvalue weighted by atomic mass is 9.69. The Morgan fingerprint density at radius 1 is 1.23 bits per heavy atom. The van der Waals surface area contributed by atoms with Crippen LogP contribution < -0.4 is 0 Å². The number of amides is 1. The summed E-state index contributed by atoms with van der Waals surface area (Å²) in [7, 11) is 0. The second-order valence-corrected chi connectivity index (χ2v) is 8.30. The topological polar surface area (TPSA) is 20.3 Å². The van der Waals surface area contributed by atoms with Crippen LogP contribution in [0.15, 0.2) is 65.2 Å². The van der Waals surface area contributed by atoms with Crippen LogP contribution >= 0.6 is 15.9 Å². The smallest absolute Gasteiger partial charge is 0.230 e. The molecule has 0 radical (unpaired) electrons. The second kappa shape index (κ2) is 6.66. The highest BCUT2D eigenvalue weighted by Gasteiger charge is 2.55. The molecule has 0 aromatic heterocycles. The molecule has 2 aromatic carbocycles. The molecule has 0 unspecified atom stereocenters. The number of allylic oxidation sites excluding steroid dienone is 1. The Kier molecular flexibility index (Phi) is 4.47. The van der Waals surface area contributed by atoms with Crippen LogP contribution in [0.4, 0.5) is 4.39 Å². The number of hydrogen-bond donors (Lipinski definition) is 0. The molecule has 2 aliphatic rings. The molecule has 0 spiro atoms. The van der Waals surface area contributed by atoms with Crippen LogP contribution in [0.2, 0.25) is 0 Å². The molecule has 1 saturated heterocycles. The van der Waals surface area contributed by atoms with Gasteiger partial charge >= 0.3 is 0 Å². The van der Waals surface area contributed by atoms with Crippen molar-refractivity contribution in [1.82, 2.24) is 4.90 Å². The molecule has 1 amide bonds. The lowest BCUT2D eigenvalue weighted by Crippen LogP contribution is -2.34. The molecule has 134 valence electrons. The summed E-state index contributed by atoms with van der Waals surface area (Å²) in [6.45, 7) is 2.65. The van der Waals surface area contributed by atoms with Crippen molar-refractivity contribution in [3.63, 3.8) is 0 Å². The first kappa shape index (κ1) is 17.5. The van der Waals surface area contributed by atoms with Crippen molar-refractivity contribution >= 4 is 21.8 Å². The third-order valence-corrected chi connectivity index (χ3v) is 6.42. The minimum atomic E-state index is -0.394. The molecular formula is C22H21BrFNO. The van der Waals surface area contributed by atoms with E-state index in [1.807, 2.05) is 47.4 Å². The fourth-order valence-electron chi connectivity index (χ4n) is 4.39. The van der Waals surface area contributed by atoms with Gasteiger partial charge in [-0.2, -0.15) is 0 Å². The first-order valence-electron chi connectivity index (χ1n) is 8.97. The summed E-state index contributed by atoms with van der Waals surface area (Å²) in [5.41, 5.74) is 1.69. The van der Waals surface area contributed by atoms with Crippen LogP contribution in [-0.4, -0.2) is 10.8 Å². The molecular weight excluding hydrogens is 393 g/mol. The second-order valence-electron chi connectivity index (χ2n) is 7.45. The van der Waals surface area contributed by atoms with E-state index in [0.717, 1.165) is 24.0 Å². The third kappa shape index (κ3) is 2.81. The van der Waals surface area contributed by atoms with Gasteiger partial charge in [-0.3, -0.25) is 4.79 Å². The van der Waals surface area contributed by atoms with Crippen molar-refractivity contribution in [3.8, 4) is 0 Å². The standard InChI is InChI=1S/C22H21BrFNO/c1-22-12-6-5-9-17(22)20(16-10-11-19(24)18(23)13-16)25(21(22)26)14-15-7-3-2-4-8-15/h2-5,7-11,13,17,20H,6,12,14H2,1H3/t17-,20-,22+/m0/s1. The molecule has 4 heteroatoms. The Morgan fingerprint density at radius 2 is 2.00 bits per heavy atom. The first-order valence-corrected chi connectivity index (χ1v) is 9.76. The first-order chi connectivity index (χ1) is 12.5. The van der Waals surface area contributed by atoms with Crippen LogP contribution in [0.25, 0.3) is 0 Å². The van der Waals surface area contributed by atoms with Gasteiger partial charge in [0.05, 0.1) is 15.9 Å². The highest BCUT2D eigenvalue weighted by atomic mass is 79.9. The van der Waals surface area contributed by atoms with Crippen LogP contribution in [0.1, 0.15) is 36.9 Å². The third-order valence-electron chi connectivity index (χ3n) is 5.82. The van der Waals surface area contributed by atoms with Gasteiger partial charge in [-0.25, -0.2) is 4.39 Å². The highest BCUT2D eigenvalue weighted by molar-refractivity contribution is 9.10. The summed E-state index contributed by atoms with van der Waals surface area (Å²) in [6.07, 6.45) is 6.15. The Hall–Kier alpha value is -1.94. The minimum Gasteiger partial charge on any atom is -0.330 e. The van der Waals surface area contributed by atoms with Crippen molar-refractivity contribution < 1.29 is 9.18 Å². The van der Waals surface area contributed by atoms with E-state index in [0.29, 0.717) is 11.0 Å². The van der Waals surface area contributed by atoms with Crippen LogP contribution in [0.5, 0.6) is 0 Å². The quantitative estimate of drug-likeness (QED) is 0.595. The minimum absolute atomic E-state index is 0.0823. The maximum Gasteiger partial charge on any atom is 0.230 e. The van der Waals surface area contributed by atoms with Crippen molar-refractivity contribution in [2.24, 2.45) is 11.3 Å². The van der Waals surface area contributed by atoms with Crippen LogP contribution in [0, 0.1) is 17.2 Å². The van der Waals surface area contributed by atoms with Gasteiger partial charge in [0, 0.05) is 12.5 Å². The Balaban J connectivity index is 1.79. The van der Waals surface area contributed by atoms with Gasteiger partial charge in [0.1, 0.15) is 5.82 Å². The zero-order valence-electron chi connectivity index (χ0n) is 14.7.